The van der Waals surface area contributed by atoms with E-state index < -0.39 is 31.6 Å². The van der Waals surface area contributed by atoms with Gasteiger partial charge in [0.1, 0.15) is 12.1 Å². The van der Waals surface area contributed by atoms with Crippen LogP contribution in [0.4, 0.5) is 0 Å². The van der Waals surface area contributed by atoms with Crippen LogP contribution in [0.15, 0.2) is 0 Å². The molecule has 0 spiro atoms. The molecule has 7 nitrogen and oxygen atoms in total. The van der Waals surface area contributed by atoms with Crippen molar-refractivity contribution in [3.05, 3.63) is 0 Å². The van der Waals surface area contributed by atoms with Crippen molar-refractivity contribution in [1.29, 1.82) is 0 Å². The molecule has 0 aliphatic carbocycles. The predicted molar refractivity (Wildman–Crippen MR) is 71.3 cm³/mol. The Bertz CT molecular complexity index is 351. The molecule has 0 fully saturated rings. The van der Waals surface area contributed by atoms with Gasteiger partial charge in [-0.3, -0.25) is 0 Å². The molecule has 0 saturated carbocycles. The van der Waals surface area contributed by atoms with Crippen molar-refractivity contribution in [2.75, 3.05) is 6.66 Å². The quantitative estimate of drug-likeness (QED) is 0.697. The number of carbonyl (C=O) groups is 2. The highest BCUT2D eigenvalue weighted by Crippen LogP contribution is 2.44. The summed E-state index contributed by atoms with van der Waals surface area (Å²) < 4.78 is 21.2. The van der Waals surface area contributed by atoms with Crippen LogP contribution in [-0.4, -0.2) is 30.7 Å². The fraction of sp³-hybridized carbons (Fsp3) is 0.818. The number of hydrogen-bond donors (Lipinski definition) is 2. The summed E-state index contributed by atoms with van der Waals surface area (Å²) in [7, 11) is -3.85. The van der Waals surface area contributed by atoms with E-state index >= 15 is 0 Å². The van der Waals surface area contributed by atoms with Crippen molar-refractivity contribution in [1.82, 2.24) is 0 Å². The van der Waals surface area contributed by atoms with Gasteiger partial charge in [-0.05, 0) is 11.8 Å². The number of hydrogen-bond acceptors (Lipinski definition) is 7. The summed E-state index contributed by atoms with van der Waals surface area (Å²) in [6, 6.07) is -1.85. The van der Waals surface area contributed by atoms with Crippen molar-refractivity contribution in [3.63, 3.8) is 0 Å². The number of nitrogens with two attached hydrogens (primary N) is 2. The van der Waals surface area contributed by atoms with Gasteiger partial charge in [0.25, 0.3) is 0 Å². The van der Waals surface area contributed by atoms with Crippen LogP contribution in [-0.2, 0) is 23.2 Å². The van der Waals surface area contributed by atoms with Crippen LogP contribution in [0, 0.1) is 11.8 Å². The number of carbonyl (C=O) groups excluding carboxylic acids is 2. The summed E-state index contributed by atoms with van der Waals surface area (Å²) >= 11 is 0. The monoisotopic (exact) mass is 294 g/mol. The van der Waals surface area contributed by atoms with Crippen molar-refractivity contribution >= 4 is 19.5 Å². The van der Waals surface area contributed by atoms with Crippen LogP contribution in [0.25, 0.3) is 0 Å². The fourth-order valence-electron chi connectivity index (χ4n) is 1.01. The zero-order chi connectivity index (χ0) is 15.4. The molecule has 0 rings (SSSR count). The van der Waals surface area contributed by atoms with Crippen molar-refractivity contribution in [3.8, 4) is 0 Å². The van der Waals surface area contributed by atoms with Crippen LogP contribution in [0.1, 0.15) is 27.7 Å². The molecule has 0 unspecified atom stereocenters. The minimum Gasteiger partial charge on any atom is -0.382 e. The summed E-state index contributed by atoms with van der Waals surface area (Å²) in [5.74, 6) is -2.10. The minimum atomic E-state index is -3.85. The summed E-state index contributed by atoms with van der Waals surface area (Å²) in [4.78, 5) is 23.1. The molecule has 0 bridgehead atoms. The Kier molecular flexibility index (Phi) is 6.69. The Labute approximate surface area is 113 Å². The molecular weight excluding hydrogens is 271 g/mol. The standard InChI is InChI=1S/C11H23N2O5P/c1-6(2)8(12)10(14)17-19(5,16)18-11(15)9(13)7(3)4/h6-9H,12-13H2,1-5H3/t8-,9-/m0/s1. The molecular formula is C11H23N2O5P. The molecule has 4 N–H and O–H groups in total. The SMILES string of the molecule is CC(C)[C@H](N)C(=O)OP(C)(=O)OC(=O)[C@@H](N)C(C)C. The maximum Gasteiger partial charge on any atom is 0.432 e. The molecule has 0 aromatic carbocycles. The van der Waals surface area contributed by atoms with E-state index in [1.165, 1.54) is 0 Å². The topological polar surface area (TPSA) is 122 Å². The molecule has 0 aliphatic heterocycles. The van der Waals surface area contributed by atoms with E-state index in [2.05, 4.69) is 9.05 Å². The molecule has 0 heterocycles. The molecule has 0 aliphatic rings. The molecule has 19 heavy (non-hydrogen) atoms. The highest BCUT2D eigenvalue weighted by Gasteiger charge is 2.32. The lowest BCUT2D eigenvalue weighted by Crippen LogP contribution is -2.38. The lowest BCUT2D eigenvalue weighted by atomic mass is 10.1. The summed E-state index contributed by atoms with van der Waals surface area (Å²) in [6.45, 7) is 7.89. The second kappa shape index (κ2) is 7.03. The largest absolute Gasteiger partial charge is 0.432 e. The van der Waals surface area contributed by atoms with E-state index in [1.54, 1.807) is 27.7 Å². The first-order valence-electron chi connectivity index (χ1n) is 6.03. The highest BCUT2D eigenvalue weighted by molar-refractivity contribution is 7.54. The zero-order valence-corrected chi connectivity index (χ0v) is 12.8. The van der Waals surface area contributed by atoms with E-state index in [-0.39, 0.29) is 11.8 Å². The lowest BCUT2D eigenvalue weighted by Gasteiger charge is -2.20. The van der Waals surface area contributed by atoms with E-state index in [0.717, 1.165) is 6.66 Å². The van der Waals surface area contributed by atoms with Crippen LogP contribution in [0.5, 0.6) is 0 Å². The van der Waals surface area contributed by atoms with Gasteiger partial charge in [0.05, 0.1) is 6.66 Å². The highest BCUT2D eigenvalue weighted by atomic mass is 31.2. The third-order valence-electron chi connectivity index (χ3n) is 2.49. The van der Waals surface area contributed by atoms with Gasteiger partial charge in [-0.25, -0.2) is 14.2 Å². The van der Waals surface area contributed by atoms with Gasteiger partial charge in [0, 0.05) is 0 Å². The van der Waals surface area contributed by atoms with Crippen LogP contribution >= 0.6 is 7.60 Å². The van der Waals surface area contributed by atoms with Crippen molar-refractivity contribution in [2.24, 2.45) is 23.3 Å². The average Bonchev–Trinajstić information content (AvgIpc) is 2.24. The summed E-state index contributed by atoms with van der Waals surface area (Å²) in [6.07, 6.45) is 0. The maximum absolute atomic E-state index is 11.9. The first kappa shape index (κ1) is 18.1. The first-order chi connectivity index (χ1) is 8.48. The van der Waals surface area contributed by atoms with E-state index in [0.29, 0.717) is 0 Å². The lowest BCUT2D eigenvalue weighted by molar-refractivity contribution is -0.141. The Balaban J connectivity index is 4.61. The minimum absolute atomic E-state index is 0.180. The molecule has 0 radical (unpaired) electrons. The van der Waals surface area contributed by atoms with Crippen LogP contribution in [0.3, 0.4) is 0 Å². The van der Waals surface area contributed by atoms with Crippen LogP contribution < -0.4 is 11.5 Å². The Hall–Kier alpha value is -0.910. The Morgan fingerprint density at radius 2 is 1.16 bits per heavy atom. The van der Waals surface area contributed by atoms with Gasteiger partial charge in [-0.15, -0.1) is 0 Å². The Morgan fingerprint density at radius 3 is 1.37 bits per heavy atom. The molecule has 0 aromatic rings. The van der Waals surface area contributed by atoms with E-state index in [4.69, 9.17) is 11.5 Å². The summed E-state index contributed by atoms with van der Waals surface area (Å²) in [5, 5.41) is 0. The maximum atomic E-state index is 11.9. The van der Waals surface area contributed by atoms with Gasteiger partial charge < -0.3 is 20.5 Å². The normalized spacial score (nSPS) is 15.2. The second-order valence-corrected chi connectivity index (χ2v) is 7.04. The Morgan fingerprint density at radius 1 is 0.895 bits per heavy atom. The molecule has 0 amide bonds. The average molecular weight is 294 g/mol. The molecule has 2 atom stereocenters. The molecule has 0 saturated heterocycles. The molecule has 112 valence electrons. The third kappa shape index (κ3) is 6.18. The van der Waals surface area contributed by atoms with Crippen molar-refractivity contribution in [2.45, 2.75) is 39.8 Å². The van der Waals surface area contributed by atoms with Gasteiger partial charge in [-0.2, -0.15) is 0 Å². The van der Waals surface area contributed by atoms with Gasteiger partial charge in [-0.1, -0.05) is 27.7 Å². The van der Waals surface area contributed by atoms with Gasteiger partial charge in [0.2, 0.25) is 0 Å². The van der Waals surface area contributed by atoms with Gasteiger partial charge >= 0.3 is 19.5 Å². The zero-order valence-electron chi connectivity index (χ0n) is 12.0. The predicted octanol–water partition coefficient (Wildman–Crippen LogP) is 0.862. The van der Waals surface area contributed by atoms with Crippen molar-refractivity contribution < 1.29 is 23.2 Å². The smallest absolute Gasteiger partial charge is 0.382 e. The fourth-order valence-corrected chi connectivity index (χ4v) is 1.95. The van der Waals surface area contributed by atoms with E-state index in [1.807, 2.05) is 0 Å². The second-order valence-electron chi connectivity index (χ2n) is 5.13. The summed E-state index contributed by atoms with van der Waals surface area (Å²) in [5.41, 5.74) is 11.1. The first-order valence-corrected chi connectivity index (χ1v) is 8.02. The number of rotatable bonds is 6. The van der Waals surface area contributed by atoms with E-state index in [9.17, 15) is 14.2 Å². The van der Waals surface area contributed by atoms with Crippen LogP contribution in [0.2, 0.25) is 0 Å². The molecule has 0 aromatic heterocycles. The molecule has 8 heteroatoms. The third-order valence-corrected chi connectivity index (χ3v) is 3.52. The van der Waals surface area contributed by atoms with Gasteiger partial charge in [0.15, 0.2) is 0 Å².